The molecule has 10 heteroatoms. The van der Waals surface area contributed by atoms with E-state index in [0.717, 1.165) is 0 Å². The van der Waals surface area contributed by atoms with Crippen molar-refractivity contribution in [2.75, 3.05) is 13.1 Å². The predicted octanol–water partition coefficient (Wildman–Crippen LogP) is -4.09. The van der Waals surface area contributed by atoms with E-state index in [2.05, 4.69) is 0 Å². The van der Waals surface area contributed by atoms with Gasteiger partial charge in [-0.1, -0.05) is 0 Å². The number of hydrogen-bond acceptors (Lipinski definition) is 6. The Morgan fingerprint density at radius 2 is 1.08 bits per heavy atom. The topological polar surface area (TPSA) is 195 Å². The van der Waals surface area contributed by atoms with Crippen molar-refractivity contribution in [3.8, 4) is 0 Å². The van der Waals surface area contributed by atoms with E-state index in [9.17, 15) is 0 Å². The summed E-state index contributed by atoms with van der Waals surface area (Å²) in [6.07, 6.45) is 0. The summed E-state index contributed by atoms with van der Waals surface area (Å²) in [4.78, 5) is 0. The molecular formula is C2H12CuN2O6S. The van der Waals surface area contributed by atoms with Crippen LogP contribution in [0.5, 0.6) is 0 Å². The first kappa shape index (κ1) is 29.5. The van der Waals surface area contributed by atoms with Crippen LogP contribution in [0.4, 0.5) is 0 Å². The third kappa shape index (κ3) is 576. The Hall–Kier alpha value is 0.229. The Labute approximate surface area is 81.0 Å². The molecule has 0 saturated heterocycles. The molecule has 0 atom stereocenters. The molecule has 0 aliphatic heterocycles. The van der Waals surface area contributed by atoms with Gasteiger partial charge in [-0.05, 0) is 0 Å². The molecule has 0 fully saturated rings. The second-order valence-corrected chi connectivity index (χ2v) is 1.80. The van der Waals surface area contributed by atoms with Crippen molar-refractivity contribution in [1.82, 2.24) is 0 Å². The fourth-order valence-corrected chi connectivity index (χ4v) is 0. The first-order valence-electron chi connectivity index (χ1n) is 1.98. The zero-order valence-electron chi connectivity index (χ0n) is 5.91. The zero-order valence-corrected chi connectivity index (χ0v) is 7.67. The molecule has 8 nitrogen and oxygen atoms in total. The smallest absolute Gasteiger partial charge is 0.759 e. The minimum Gasteiger partial charge on any atom is -0.759 e. The van der Waals surface area contributed by atoms with Crippen LogP contribution in [0.25, 0.3) is 0 Å². The summed E-state index contributed by atoms with van der Waals surface area (Å²) < 4.78 is 34.1. The molecule has 0 aliphatic rings. The molecule has 0 spiro atoms. The van der Waals surface area contributed by atoms with Crippen LogP contribution in [0, 0.1) is 0 Å². The van der Waals surface area contributed by atoms with E-state index in [-0.39, 0.29) is 28.0 Å². The van der Waals surface area contributed by atoms with Crippen molar-refractivity contribution in [3.05, 3.63) is 0 Å². The van der Waals surface area contributed by atoms with Crippen molar-refractivity contribution in [2.45, 2.75) is 0 Å². The van der Waals surface area contributed by atoms with E-state index in [1.54, 1.807) is 0 Å². The van der Waals surface area contributed by atoms with Gasteiger partial charge in [-0.3, -0.25) is 8.42 Å². The largest absolute Gasteiger partial charge is 2.00 e. The summed E-state index contributed by atoms with van der Waals surface area (Å²) in [6, 6.07) is 0. The van der Waals surface area contributed by atoms with Gasteiger partial charge in [0.25, 0.3) is 0 Å². The second kappa shape index (κ2) is 17.4. The summed E-state index contributed by atoms with van der Waals surface area (Å²) in [5.74, 6) is 0. The summed E-state index contributed by atoms with van der Waals surface area (Å²) in [5.41, 5.74) is 9.81. The molecule has 83 valence electrons. The van der Waals surface area contributed by atoms with E-state index in [1.807, 2.05) is 0 Å². The summed E-state index contributed by atoms with van der Waals surface area (Å²) in [6.45, 7) is 1.19. The van der Waals surface area contributed by atoms with Crippen LogP contribution >= 0.6 is 0 Å². The quantitative estimate of drug-likeness (QED) is 0.271. The van der Waals surface area contributed by atoms with E-state index >= 15 is 0 Å². The van der Waals surface area contributed by atoms with Gasteiger partial charge in [0, 0.05) is 23.5 Å². The van der Waals surface area contributed by atoms with Gasteiger partial charge in [0.1, 0.15) is 0 Å². The Bertz CT molecular complexity index is 126. The molecule has 0 aliphatic carbocycles. The number of nitrogens with two attached hydrogens (primary N) is 2. The molecular weight excluding hydrogens is 244 g/mol. The molecule has 0 aromatic rings. The van der Waals surface area contributed by atoms with Crippen LogP contribution in [0.2, 0.25) is 0 Å². The maximum Gasteiger partial charge on any atom is 2.00 e. The van der Waals surface area contributed by atoms with Crippen molar-refractivity contribution in [2.24, 2.45) is 11.5 Å². The fraction of sp³-hybridized carbons (Fsp3) is 1.00. The summed E-state index contributed by atoms with van der Waals surface area (Å²) in [7, 11) is -5.17. The SMILES string of the molecule is NCCN.O.O.O=S(=O)([O-])[O-].[Cu+2]. The standard InChI is InChI=1S/C2H8N2.Cu.H2O4S.2H2O/c3-1-2-4;;1-5(2,3)4;;/h1-4H2;;(H2,1,2,3,4);2*1H2/q;+2;;;/p-2. The van der Waals surface area contributed by atoms with Crippen molar-refractivity contribution < 1.29 is 45.5 Å². The molecule has 8 N–H and O–H groups in total. The van der Waals surface area contributed by atoms with Crippen molar-refractivity contribution >= 4 is 10.4 Å². The van der Waals surface area contributed by atoms with Gasteiger partial charge in [-0.25, -0.2) is 0 Å². The first-order chi connectivity index (χ1) is 3.91. The average molecular weight is 256 g/mol. The number of rotatable bonds is 1. The summed E-state index contributed by atoms with van der Waals surface area (Å²) >= 11 is 0. The van der Waals surface area contributed by atoms with Gasteiger partial charge in [0.2, 0.25) is 0 Å². The minimum absolute atomic E-state index is 0. The summed E-state index contributed by atoms with van der Waals surface area (Å²) in [5, 5.41) is 0. The molecule has 0 rings (SSSR count). The molecule has 0 unspecified atom stereocenters. The van der Waals surface area contributed by atoms with Crippen LogP contribution in [0.15, 0.2) is 0 Å². The van der Waals surface area contributed by atoms with Crippen LogP contribution < -0.4 is 11.5 Å². The molecule has 0 bridgehead atoms. The van der Waals surface area contributed by atoms with Crippen LogP contribution in [0.1, 0.15) is 0 Å². The maximum atomic E-state index is 8.52. The Morgan fingerprint density at radius 1 is 1.00 bits per heavy atom. The second-order valence-electron chi connectivity index (χ2n) is 0.986. The van der Waals surface area contributed by atoms with E-state index < -0.39 is 10.4 Å². The maximum absolute atomic E-state index is 8.52. The monoisotopic (exact) mass is 255 g/mol. The van der Waals surface area contributed by atoms with Gasteiger partial charge >= 0.3 is 17.1 Å². The van der Waals surface area contributed by atoms with Crippen LogP contribution in [-0.4, -0.2) is 41.6 Å². The molecule has 0 saturated carbocycles. The zero-order chi connectivity index (χ0) is 7.91. The Kier molecular flexibility index (Phi) is 42.7. The normalized spacial score (nSPS) is 7.33. The van der Waals surface area contributed by atoms with Gasteiger partial charge in [-0.2, -0.15) is 0 Å². The molecule has 1 radical (unpaired) electrons. The van der Waals surface area contributed by atoms with E-state index in [1.165, 1.54) is 0 Å². The van der Waals surface area contributed by atoms with Crippen molar-refractivity contribution in [1.29, 1.82) is 0 Å². The first-order valence-corrected chi connectivity index (χ1v) is 3.32. The van der Waals surface area contributed by atoms with Gasteiger partial charge in [0.05, 0.1) is 0 Å². The molecule has 0 aromatic carbocycles. The third-order valence-electron chi connectivity index (χ3n) is 0.167. The number of hydrogen-bond donors (Lipinski definition) is 2. The molecule has 0 heterocycles. The predicted molar refractivity (Wildman–Crippen MR) is 35.8 cm³/mol. The van der Waals surface area contributed by atoms with Crippen LogP contribution in [-0.2, 0) is 27.5 Å². The van der Waals surface area contributed by atoms with Crippen molar-refractivity contribution in [3.63, 3.8) is 0 Å². The van der Waals surface area contributed by atoms with Gasteiger partial charge < -0.3 is 31.5 Å². The minimum atomic E-state index is -5.17. The van der Waals surface area contributed by atoms with E-state index in [0.29, 0.717) is 13.1 Å². The average Bonchev–Trinajstić information content (AvgIpc) is 1.61. The molecule has 12 heavy (non-hydrogen) atoms. The van der Waals surface area contributed by atoms with Gasteiger partial charge in [-0.15, -0.1) is 0 Å². The van der Waals surface area contributed by atoms with E-state index in [4.69, 9.17) is 29.0 Å². The molecule has 0 amide bonds. The Balaban J connectivity index is -0.0000000221. The Morgan fingerprint density at radius 3 is 1.08 bits per heavy atom. The van der Waals surface area contributed by atoms with Crippen LogP contribution in [0.3, 0.4) is 0 Å². The third-order valence-corrected chi connectivity index (χ3v) is 0.167. The fourth-order valence-electron chi connectivity index (χ4n) is 0. The van der Waals surface area contributed by atoms with Gasteiger partial charge in [0.15, 0.2) is 0 Å². The molecule has 0 aromatic heterocycles.